The van der Waals surface area contributed by atoms with Crippen molar-refractivity contribution in [1.29, 1.82) is 0 Å². The van der Waals surface area contributed by atoms with Crippen LogP contribution >= 0.6 is 0 Å². The molecule has 0 radical (unpaired) electrons. The molecule has 15 heavy (non-hydrogen) atoms. The van der Waals surface area contributed by atoms with Gasteiger partial charge in [-0.1, -0.05) is 0 Å². The van der Waals surface area contributed by atoms with E-state index in [0.29, 0.717) is 0 Å². The van der Waals surface area contributed by atoms with E-state index < -0.39 is 0 Å². The zero-order valence-corrected chi connectivity index (χ0v) is 8.55. The van der Waals surface area contributed by atoms with Crippen molar-refractivity contribution in [3.8, 4) is 0 Å². The molecule has 2 heterocycles. The lowest BCUT2D eigenvalue weighted by molar-refractivity contribution is 0.497. The van der Waals surface area contributed by atoms with Crippen molar-refractivity contribution in [2.45, 2.75) is 19.4 Å². The van der Waals surface area contributed by atoms with Gasteiger partial charge in [0.05, 0.1) is 6.26 Å². The van der Waals surface area contributed by atoms with Gasteiger partial charge in [0.1, 0.15) is 11.6 Å². The third-order valence-electron chi connectivity index (χ3n) is 2.05. The summed E-state index contributed by atoms with van der Waals surface area (Å²) < 4.78 is 5.27. The van der Waals surface area contributed by atoms with Crippen LogP contribution in [0, 0.1) is 0 Å². The molecule has 2 aromatic heterocycles. The Kier molecular flexibility index (Phi) is 2.97. The number of nitrogens with zero attached hydrogens (tertiary/aromatic N) is 2. The van der Waals surface area contributed by atoms with Gasteiger partial charge in [0.25, 0.3) is 0 Å². The van der Waals surface area contributed by atoms with E-state index in [1.165, 1.54) is 0 Å². The molecule has 2 aromatic rings. The molecule has 0 fully saturated rings. The number of hydrogen-bond donors (Lipinski definition) is 1. The van der Waals surface area contributed by atoms with Gasteiger partial charge in [0.2, 0.25) is 0 Å². The largest absolute Gasteiger partial charge is 0.469 e. The Bertz CT molecular complexity index is 385. The number of rotatable bonds is 4. The molecule has 0 amide bonds. The van der Waals surface area contributed by atoms with E-state index in [1.54, 1.807) is 12.5 Å². The van der Waals surface area contributed by atoms with Gasteiger partial charge in [-0.15, -0.1) is 5.10 Å². The van der Waals surface area contributed by atoms with E-state index in [2.05, 4.69) is 22.4 Å². The molecule has 1 N–H and O–H groups in total. The van der Waals surface area contributed by atoms with Crippen LogP contribution < -0.4 is 5.32 Å². The molecule has 0 aliphatic heterocycles. The van der Waals surface area contributed by atoms with Crippen molar-refractivity contribution in [2.75, 3.05) is 5.32 Å². The summed E-state index contributed by atoms with van der Waals surface area (Å²) in [6, 6.07) is 7.88. The van der Waals surface area contributed by atoms with Crippen LogP contribution in [0.5, 0.6) is 0 Å². The van der Waals surface area contributed by atoms with E-state index in [1.807, 2.05) is 24.3 Å². The fourth-order valence-electron chi connectivity index (χ4n) is 1.41. The Balaban J connectivity index is 1.90. The molecule has 1 atom stereocenters. The van der Waals surface area contributed by atoms with E-state index in [4.69, 9.17) is 4.42 Å². The molecule has 4 heteroatoms. The molecule has 4 nitrogen and oxygen atoms in total. The third kappa shape index (κ3) is 2.80. The maximum Gasteiger partial charge on any atom is 0.148 e. The lowest BCUT2D eigenvalue weighted by Crippen LogP contribution is -2.18. The molecular formula is C11H13N3O. The van der Waals surface area contributed by atoms with Crippen LogP contribution in [0.4, 0.5) is 5.82 Å². The predicted molar refractivity (Wildman–Crippen MR) is 57.5 cm³/mol. The first-order valence-electron chi connectivity index (χ1n) is 4.91. The minimum atomic E-state index is 0.271. The lowest BCUT2D eigenvalue weighted by Gasteiger charge is -2.11. The maximum atomic E-state index is 5.27. The highest BCUT2D eigenvalue weighted by Gasteiger charge is 2.05. The summed E-state index contributed by atoms with van der Waals surface area (Å²) in [5.74, 6) is 1.76. The molecule has 0 saturated carbocycles. The summed E-state index contributed by atoms with van der Waals surface area (Å²) in [4.78, 5) is 0. The maximum absolute atomic E-state index is 5.27. The number of hydrogen-bond acceptors (Lipinski definition) is 4. The first kappa shape index (κ1) is 9.71. The van der Waals surface area contributed by atoms with E-state index in [0.717, 1.165) is 18.0 Å². The van der Waals surface area contributed by atoms with Gasteiger partial charge in [0.15, 0.2) is 0 Å². The monoisotopic (exact) mass is 203 g/mol. The zero-order chi connectivity index (χ0) is 10.5. The van der Waals surface area contributed by atoms with Gasteiger partial charge in [0, 0.05) is 18.7 Å². The zero-order valence-electron chi connectivity index (χ0n) is 8.55. The highest BCUT2D eigenvalue weighted by Crippen LogP contribution is 2.08. The molecule has 2 rings (SSSR count). The highest BCUT2D eigenvalue weighted by atomic mass is 16.3. The molecule has 0 aromatic carbocycles. The number of aromatic nitrogens is 2. The quantitative estimate of drug-likeness (QED) is 0.826. The standard InChI is InChI=1S/C11H13N3O/c1-9(8-10-4-3-7-15-10)13-11-5-2-6-12-14-11/h2-7,9H,8H2,1H3,(H,13,14). The summed E-state index contributed by atoms with van der Waals surface area (Å²) >= 11 is 0. The van der Waals surface area contributed by atoms with E-state index in [-0.39, 0.29) is 6.04 Å². The van der Waals surface area contributed by atoms with Gasteiger partial charge in [-0.2, -0.15) is 5.10 Å². The Hall–Kier alpha value is -1.84. The second kappa shape index (κ2) is 4.59. The summed E-state index contributed by atoms with van der Waals surface area (Å²) in [5, 5.41) is 11.0. The van der Waals surface area contributed by atoms with Crippen LogP contribution in [0.3, 0.4) is 0 Å². The van der Waals surface area contributed by atoms with Crippen LogP contribution in [-0.2, 0) is 6.42 Å². The Labute approximate surface area is 88.3 Å². The summed E-state index contributed by atoms with van der Waals surface area (Å²) in [7, 11) is 0. The smallest absolute Gasteiger partial charge is 0.148 e. The molecule has 0 saturated heterocycles. The van der Waals surface area contributed by atoms with E-state index in [9.17, 15) is 0 Å². The lowest BCUT2D eigenvalue weighted by atomic mass is 10.2. The van der Waals surface area contributed by atoms with Crippen molar-refractivity contribution in [1.82, 2.24) is 10.2 Å². The van der Waals surface area contributed by atoms with Gasteiger partial charge < -0.3 is 9.73 Å². The average Bonchev–Trinajstić information content (AvgIpc) is 2.71. The first-order chi connectivity index (χ1) is 7.34. The fraction of sp³-hybridized carbons (Fsp3) is 0.273. The van der Waals surface area contributed by atoms with Crippen LogP contribution in [0.2, 0.25) is 0 Å². The summed E-state index contributed by atoms with van der Waals surface area (Å²) in [6.45, 7) is 2.08. The van der Waals surface area contributed by atoms with Crippen molar-refractivity contribution < 1.29 is 4.42 Å². The highest BCUT2D eigenvalue weighted by molar-refractivity contribution is 5.32. The number of anilines is 1. The number of furan rings is 1. The van der Waals surface area contributed by atoms with Crippen molar-refractivity contribution in [3.63, 3.8) is 0 Å². The van der Waals surface area contributed by atoms with Crippen molar-refractivity contribution in [2.24, 2.45) is 0 Å². The first-order valence-corrected chi connectivity index (χ1v) is 4.91. The molecule has 0 aliphatic rings. The Morgan fingerprint density at radius 1 is 1.40 bits per heavy atom. The topological polar surface area (TPSA) is 51.0 Å². The van der Waals surface area contributed by atoms with Crippen LogP contribution in [-0.4, -0.2) is 16.2 Å². The van der Waals surface area contributed by atoms with Gasteiger partial charge in [-0.3, -0.25) is 0 Å². The van der Waals surface area contributed by atoms with Crippen molar-refractivity contribution in [3.05, 3.63) is 42.5 Å². The minimum absolute atomic E-state index is 0.271. The Morgan fingerprint density at radius 2 is 2.33 bits per heavy atom. The fourth-order valence-corrected chi connectivity index (χ4v) is 1.41. The van der Waals surface area contributed by atoms with Gasteiger partial charge in [-0.05, 0) is 31.2 Å². The van der Waals surface area contributed by atoms with Crippen LogP contribution in [0.1, 0.15) is 12.7 Å². The van der Waals surface area contributed by atoms with Crippen molar-refractivity contribution >= 4 is 5.82 Å². The minimum Gasteiger partial charge on any atom is -0.469 e. The molecule has 0 spiro atoms. The summed E-state index contributed by atoms with van der Waals surface area (Å²) in [5.41, 5.74) is 0. The third-order valence-corrected chi connectivity index (χ3v) is 2.05. The molecule has 0 aliphatic carbocycles. The SMILES string of the molecule is CC(Cc1ccco1)Nc1cccnn1. The van der Waals surface area contributed by atoms with Crippen LogP contribution in [0.25, 0.3) is 0 Å². The predicted octanol–water partition coefficient (Wildman–Crippen LogP) is 2.11. The number of nitrogens with one attached hydrogen (secondary N) is 1. The molecule has 78 valence electrons. The molecule has 0 bridgehead atoms. The van der Waals surface area contributed by atoms with Crippen LogP contribution in [0.15, 0.2) is 41.1 Å². The molecular weight excluding hydrogens is 190 g/mol. The second-order valence-electron chi connectivity index (χ2n) is 3.44. The van der Waals surface area contributed by atoms with Gasteiger partial charge >= 0.3 is 0 Å². The molecule has 1 unspecified atom stereocenters. The average molecular weight is 203 g/mol. The van der Waals surface area contributed by atoms with E-state index >= 15 is 0 Å². The van der Waals surface area contributed by atoms with Gasteiger partial charge in [-0.25, -0.2) is 0 Å². The second-order valence-corrected chi connectivity index (χ2v) is 3.44. The normalized spacial score (nSPS) is 12.3. The summed E-state index contributed by atoms with van der Waals surface area (Å²) in [6.07, 6.45) is 4.18. The Morgan fingerprint density at radius 3 is 3.00 bits per heavy atom.